The van der Waals surface area contributed by atoms with Crippen LogP contribution < -0.4 is 5.56 Å². The number of nitro groups is 1. The van der Waals surface area contributed by atoms with Gasteiger partial charge in [-0.05, 0) is 30.3 Å². The molecule has 4 heterocycles. The van der Waals surface area contributed by atoms with Crippen LogP contribution in [0.15, 0.2) is 101 Å². The first-order chi connectivity index (χ1) is 18.1. The molecule has 0 N–H and O–H groups in total. The van der Waals surface area contributed by atoms with Gasteiger partial charge in [0.15, 0.2) is 0 Å². The molecule has 0 aliphatic carbocycles. The summed E-state index contributed by atoms with van der Waals surface area (Å²) in [5, 5.41) is 23.0. The van der Waals surface area contributed by atoms with Gasteiger partial charge in [0.25, 0.3) is 11.2 Å². The van der Waals surface area contributed by atoms with Crippen LogP contribution >= 0.6 is 11.3 Å². The van der Waals surface area contributed by atoms with Crippen LogP contribution in [0.1, 0.15) is 5.01 Å². The highest BCUT2D eigenvalue weighted by Crippen LogP contribution is 2.33. The van der Waals surface area contributed by atoms with E-state index in [2.05, 4.69) is 4.98 Å². The molecule has 0 aliphatic heterocycles. The molecule has 37 heavy (non-hydrogen) atoms. The summed E-state index contributed by atoms with van der Waals surface area (Å²) in [7, 11) is 0. The summed E-state index contributed by atoms with van der Waals surface area (Å²) >= 11 is 1.40. The number of nitro benzene ring substituents is 1. The highest BCUT2D eigenvalue weighted by atomic mass is 32.1. The normalized spacial score (nSPS) is 11.1. The second kappa shape index (κ2) is 9.25. The Bertz CT molecular complexity index is 1810. The summed E-state index contributed by atoms with van der Waals surface area (Å²) in [6, 6.07) is 25.2. The molecule has 6 rings (SSSR count). The fourth-order valence-corrected chi connectivity index (χ4v) is 4.93. The third-order valence-corrected chi connectivity index (χ3v) is 6.75. The zero-order chi connectivity index (χ0) is 25.4. The van der Waals surface area contributed by atoms with Crippen LogP contribution in [0.2, 0.25) is 0 Å². The second-order valence-corrected chi connectivity index (χ2v) is 9.21. The Labute approximate surface area is 214 Å². The molecule has 4 aromatic heterocycles. The van der Waals surface area contributed by atoms with Crippen molar-refractivity contribution >= 4 is 22.5 Å². The van der Waals surface area contributed by atoms with Crippen molar-refractivity contribution in [1.29, 1.82) is 0 Å². The van der Waals surface area contributed by atoms with Crippen LogP contribution in [0, 0.1) is 10.1 Å². The lowest BCUT2D eigenvalue weighted by Crippen LogP contribution is -2.22. The van der Waals surface area contributed by atoms with E-state index in [0.29, 0.717) is 16.4 Å². The molecule has 0 fully saturated rings. The Morgan fingerprint density at radius 1 is 0.838 bits per heavy atom. The molecule has 0 radical (unpaired) electrons. The largest absolute Gasteiger partial charge is 0.269 e. The molecule has 0 saturated heterocycles. The first-order valence-electron chi connectivity index (χ1n) is 11.4. The molecule has 0 aliphatic rings. The zero-order valence-electron chi connectivity index (χ0n) is 19.3. The summed E-state index contributed by atoms with van der Waals surface area (Å²) in [5.41, 5.74) is 5.32. The minimum atomic E-state index is -0.436. The van der Waals surface area contributed by atoms with Crippen molar-refractivity contribution in [3.05, 3.63) is 122 Å². The summed E-state index contributed by atoms with van der Waals surface area (Å²) in [4.78, 5) is 27.9. The Balaban J connectivity index is 1.37. The van der Waals surface area contributed by atoms with E-state index in [1.807, 2.05) is 64.6 Å². The van der Waals surface area contributed by atoms with Gasteiger partial charge >= 0.3 is 0 Å². The first-order valence-corrected chi connectivity index (χ1v) is 12.3. The topological polar surface area (TPSA) is 108 Å². The Morgan fingerprint density at radius 2 is 1.62 bits per heavy atom. The molecular weight excluding hydrogens is 488 g/mol. The van der Waals surface area contributed by atoms with Crippen LogP contribution in [-0.2, 0) is 6.54 Å². The summed E-state index contributed by atoms with van der Waals surface area (Å²) in [6.07, 6.45) is 1.89. The molecular formula is C27H18N6O3S. The van der Waals surface area contributed by atoms with Gasteiger partial charge in [-0.25, -0.2) is 14.2 Å². The number of hydrogen-bond donors (Lipinski definition) is 0. The monoisotopic (exact) mass is 506 g/mol. The smallest absolute Gasteiger partial charge is 0.268 e. The van der Waals surface area contributed by atoms with Crippen molar-refractivity contribution in [3.8, 4) is 33.8 Å². The molecule has 0 spiro atoms. The van der Waals surface area contributed by atoms with Crippen molar-refractivity contribution in [2.75, 3.05) is 0 Å². The number of non-ortho nitro benzene ring substituents is 1. The fourth-order valence-electron chi connectivity index (χ4n) is 4.14. The quantitative estimate of drug-likeness (QED) is 0.224. The van der Waals surface area contributed by atoms with Crippen LogP contribution in [0.25, 0.3) is 39.3 Å². The molecule has 0 atom stereocenters. The van der Waals surface area contributed by atoms with Crippen LogP contribution in [0.3, 0.4) is 0 Å². The lowest BCUT2D eigenvalue weighted by molar-refractivity contribution is -0.384. The first kappa shape index (κ1) is 22.5. The molecule has 2 aromatic carbocycles. The SMILES string of the molecule is O=c1ccc(-c2c(-c3ccccc3)nn3ccccc23)nn1Cc1nc(-c2ccc([N+](=O)[O-])cc2)cs1. The third kappa shape index (κ3) is 4.30. The number of thiazole rings is 1. The molecule has 180 valence electrons. The number of benzene rings is 2. The number of hydrogen-bond acceptors (Lipinski definition) is 7. The fraction of sp³-hybridized carbons (Fsp3) is 0.0370. The Kier molecular flexibility index (Phi) is 5.62. The lowest BCUT2D eigenvalue weighted by atomic mass is 10.0. The predicted octanol–water partition coefficient (Wildman–Crippen LogP) is 5.31. The van der Waals surface area contributed by atoms with E-state index < -0.39 is 4.92 Å². The molecule has 6 aromatic rings. The van der Waals surface area contributed by atoms with E-state index in [1.54, 1.807) is 18.2 Å². The van der Waals surface area contributed by atoms with Gasteiger partial charge in [0, 0.05) is 40.9 Å². The van der Waals surface area contributed by atoms with Crippen molar-refractivity contribution < 1.29 is 4.92 Å². The third-order valence-electron chi connectivity index (χ3n) is 5.92. The van der Waals surface area contributed by atoms with E-state index in [4.69, 9.17) is 10.2 Å². The highest BCUT2D eigenvalue weighted by Gasteiger charge is 2.18. The van der Waals surface area contributed by atoms with Crippen molar-refractivity contribution in [1.82, 2.24) is 24.4 Å². The number of nitrogens with zero attached hydrogens (tertiary/aromatic N) is 6. The zero-order valence-corrected chi connectivity index (χ0v) is 20.1. The minimum Gasteiger partial charge on any atom is -0.268 e. The Hall–Kier alpha value is -4.96. The molecule has 0 unspecified atom stereocenters. The molecule has 0 bridgehead atoms. The standard InChI is InChI=1S/C27H18N6O3S/c34-25-14-13-21(26-23-8-4-5-15-31(23)30-27(26)19-6-2-1-3-7-19)29-32(25)16-24-28-22(17-37-24)18-9-11-20(12-10-18)33(35)36/h1-15,17H,16H2. The van der Waals surface area contributed by atoms with Gasteiger partial charge in [-0.3, -0.25) is 14.9 Å². The summed E-state index contributed by atoms with van der Waals surface area (Å²) in [5.74, 6) is 0. The lowest BCUT2D eigenvalue weighted by Gasteiger charge is -2.07. The van der Waals surface area contributed by atoms with Crippen LogP contribution in [-0.4, -0.2) is 29.3 Å². The maximum atomic E-state index is 12.7. The van der Waals surface area contributed by atoms with Gasteiger partial charge in [-0.15, -0.1) is 11.3 Å². The summed E-state index contributed by atoms with van der Waals surface area (Å²) < 4.78 is 3.21. The van der Waals surface area contributed by atoms with E-state index in [9.17, 15) is 14.9 Å². The van der Waals surface area contributed by atoms with E-state index >= 15 is 0 Å². The molecule has 9 nitrogen and oxygen atoms in total. The number of pyridine rings is 1. The van der Waals surface area contributed by atoms with Gasteiger partial charge in [-0.1, -0.05) is 36.4 Å². The van der Waals surface area contributed by atoms with E-state index in [0.717, 1.165) is 27.9 Å². The van der Waals surface area contributed by atoms with Crippen LogP contribution in [0.4, 0.5) is 5.69 Å². The van der Waals surface area contributed by atoms with Crippen molar-refractivity contribution in [2.24, 2.45) is 0 Å². The van der Waals surface area contributed by atoms with Gasteiger partial charge in [0.2, 0.25) is 0 Å². The van der Waals surface area contributed by atoms with Gasteiger partial charge in [0.1, 0.15) is 10.7 Å². The summed E-state index contributed by atoms with van der Waals surface area (Å²) in [6.45, 7) is 0.199. The van der Waals surface area contributed by atoms with Crippen LogP contribution in [0.5, 0.6) is 0 Å². The predicted molar refractivity (Wildman–Crippen MR) is 141 cm³/mol. The maximum absolute atomic E-state index is 12.7. The minimum absolute atomic E-state index is 0.0225. The number of aromatic nitrogens is 5. The van der Waals surface area contributed by atoms with E-state index in [1.165, 1.54) is 34.2 Å². The van der Waals surface area contributed by atoms with Crippen molar-refractivity contribution in [2.45, 2.75) is 6.54 Å². The van der Waals surface area contributed by atoms with Crippen molar-refractivity contribution in [3.63, 3.8) is 0 Å². The molecule has 0 amide bonds. The molecule has 10 heteroatoms. The highest BCUT2D eigenvalue weighted by molar-refractivity contribution is 7.09. The second-order valence-electron chi connectivity index (χ2n) is 8.27. The van der Waals surface area contributed by atoms with Gasteiger partial charge < -0.3 is 0 Å². The average molecular weight is 507 g/mol. The number of fused-ring (bicyclic) bond motifs is 1. The van der Waals surface area contributed by atoms with Gasteiger partial charge in [-0.2, -0.15) is 10.2 Å². The Morgan fingerprint density at radius 3 is 2.41 bits per heavy atom. The molecule has 0 saturated carbocycles. The number of rotatable bonds is 6. The van der Waals surface area contributed by atoms with Gasteiger partial charge in [0.05, 0.1) is 33.9 Å². The maximum Gasteiger partial charge on any atom is 0.269 e. The van der Waals surface area contributed by atoms with E-state index in [-0.39, 0.29) is 17.8 Å². The average Bonchev–Trinajstić information content (AvgIpc) is 3.55.